The molecule has 0 nitrogen and oxygen atoms in total. The van der Waals surface area contributed by atoms with Crippen molar-refractivity contribution in [3.8, 4) is 0 Å². The minimum atomic E-state index is 1.12. The Morgan fingerprint density at radius 1 is 1.30 bits per heavy atom. The van der Waals surface area contributed by atoms with Crippen LogP contribution in [0.2, 0.25) is 0 Å². The molecule has 3 heteroatoms. The third-order valence-corrected chi connectivity index (χ3v) is 4.73. The van der Waals surface area contributed by atoms with Crippen molar-refractivity contribution < 1.29 is 0 Å². The van der Waals surface area contributed by atoms with Crippen molar-refractivity contribution in [2.45, 2.75) is 6.92 Å². The van der Waals surface area contributed by atoms with Crippen molar-refractivity contribution in [2.75, 3.05) is 0 Å². The molecule has 0 fully saturated rings. The van der Waals surface area contributed by atoms with E-state index in [0.717, 1.165) is 8.95 Å². The van der Waals surface area contributed by atoms with Crippen LogP contribution in [0.25, 0.3) is 0 Å². The monoisotopic (exact) mass is 374 g/mol. The topological polar surface area (TPSA) is 0 Å². The Labute approximate surface area is 90.8 Å². The molecular weight excluding hydrogens is 371 g/mol. The van der Waals surface area contributed by atoms with Gasteiger partial charge < -0.3 is 0 Å². The molecule has 0 amide bonds. The number of hydrogen-bond acceptors (Lipinski definition) is 0. The minimum absolute atomic E-state index is 1.12. The minimum Gasteiger partial charge on any atom is -0.0496 e. The van der Waals surface area contributed by atoms with Gasteiger partial charge in [-0.2, -0.15) is 0 Å². The molecule has 0 radical (unpaired) electrons. The lowest BCUT2D eigenvalue weighted by Gasteiger charge is -2.00. The first-order valence-electron chi connectivity index (χ1n) is 2.72. The van der Waals surface area contributed by atoms with Gasteiger partial charge in [0.15, 0.2) is 0 Å². The zero-order valence-corrected chi connectivity index (χ0v) is 10.6. The molecule has 0 bridgehead atoms. The summed E-state index contributed by atoms with van der Waals surface area (Å²) in [6.45, 7) is 2.08. The summed E-state index contributed by atoms with van der Waals surface area (Å²) in [5.74, 6) is 0. The molecule has 0 aliphatic heterocycles. The van der Waals surface area contributed by atoms with Gasteiger partial charge in [-0.3, -0.25) is 0 Å². The van der Waals surface area contributed by atoms with Crippen LogP contribution in [0.15, 0.2) is 21.1 Å². The zero-order chi connectivity index (χ0) is 7.72. The Morgan fingerprint density at radius 3 is 2.40 bits per heavy atom. The normalized spacial score (nSPS) is 10.0. The van der Waals surface area contributed by atoms with E-state index >= 15 is 0 Å². The fraction of sp³-hybridized carbons (Fsp3) is 0.143. The highest BCUT2D eigenvalue weighted by atomic mass is 127. The summed E-state index contributed by atoms with van der Waals surface area (Å²) in [6, 6.07) is 4.22. The van der Waals surface area contributed by atoms with E-state index in [1.807, 2.05) is 0 Å². The quantitative estimate of drug-likeness (QED) is 0.472. The smallest absolute Gasteiger partial charge is 0.0451 e. The van der Waals surface area contributed by atoms with E-state index < -0.39 is 0 Å². The van der Waals surface area contributed by atoms with Gasteiger partial charge in [-0.25, -0.2) is 0 Å². The van der Waals surface area contributed by atoms with Gasteiger partial charge in [0.1, 0.15) is 0 Å². The van der Waals surface area contributed by atoms with E-state index in [1.54, 1.807) is 0 Å². The first-order chi connectivity index (χ1) is 4.61. The molecule has 1 aromatic carbocycles. The van der Waals surface area contributed by atoms with Crippen molar-refractivity contribution in [1.82, 2.24) is 0 Å². The third kappa shape index (κ3) is 1.95. The zero-order valence-electron chi connectivity index (χ0n) is 5.29. The van der Waals surface area contributed by atoms with Gasteiger partial charge in [-0.05, 0) is 79.1 Å². The van der Waals surface area contributed by atoms with E-state index in [2.05, 4.69) is 73.5 Å². The largest absolute Gasteiger partial charge is 0.0496 e. The molecule has 54 valence electrons. The lowest BCUT2D eigenvalue weighted by Crippen LogP contribution is -1.79. The summed E-state index contributed by atoms with van der Waals surface area (Å²) in [5.41, 5.74) is 1.28. The standard InChI is InChI=1S/C7H5Br2I/c1-4-2-5(8)7(9)6(10)3-4/h2-3H,1H3. The van der Waals surface area contributed by atoms with Gasteiger partial charge >= 0.3 is 0 Å². The molecule has 0 aliphatic carbocycles. The van der Waals surface area contributed by atoms with E-state index in [9.17, 15) is 0 Å². The van der Waals surface area contributed by atoms with Crippen LogP contribution in [0.1, 0.15) is 5.56 Å². The summed E-state index contributed by atoms with van der Waals surface area (Å²) in [7, 11) is 0. The SMILES string of the molecule is Cc1cc(Br)c(Br)c(I)c1. The highest BCUT2D eigenvalue weighted by molar-refractivity contribution is 14.1. The van der Waals surface area contributed by atoms with Crippen molar-refractivity contribution in [2.24, 2.45) is 0 Å². The molecular formula is C7H5Br2I. The summed E-state index contributed by atoms with van der Waals surface area (Å²) in [6.07, 6.45) is 0. The molecule has 0 aliphatic rings. The number of halogens is 3. The molecule has 0 saturated carbocycles. The predicted octanol–water partition coefficient (Wildman–Crippen LogP) is 4.12. The van der Waals surface area contributed by atoms with E-state index in [4.69, 9.17) is 0 Å². The maximum Gasteiger partial charge on any atom is 0.0451 e. The molecule has 10 heavy (non-hydrogen) atoms. The van der Waals surface area contributed by atoms with E-state index in [-0.39, 0.29) is 0 Å². The molecule has 0 spiro atoms. The fourth-order valence-corrected chi connectivity index (χ4v) is 2.64. The lowest BCUT2D eigenvalue weighted by molar-refractivity contribution is 1.40. The van der Waals surface area contributed by atoms with Gasteiger partial charge in [-0.1, -0.05) is 0 Å². The van der Waals surface area contributed by atoms with Crippen molar-refractivity contribution in [3.63, 3.8) is 0 Å². The molecule has 0 atom stereocenters. The van der Waals surface area contributed by atoms with Gasteiger partial charge in [0.25, 0.3) is 0 Å². The van der Waals surface area contributed by atoms with Crippen molar-refractivity contribution in [1.29, 1.82) is 0 Å². The average molecular weight is 376 g/mol. The Morgan fingerprint density at radius 2 is 1.90 bits per heavy atom. The molecule has 0 N–H and O–H groups in total. The molecule has 0 heterocycles. The van der Waals surface area contributed by atoms with Crippen LogP contribution in [0, 0.1) is 10.5 Å². The first kappa shape index (κ1) is 9.00. The highest BCUT2D eigenvalue weighted by Gasteiger charge is 2.00. The van der Waals surface area contributed by atoms with Crippen LogP contribution in [-0.2, 0) is 0 Å². The third-order valence-electron chi connectivity index (χ3n) is 1.13. The predicted molar refractivity (Wildman–Crippen MR) is 59.3 cm³/mol. The maximum absolute atomic E-state index is 3.46. The average Bonchev–Trinajstić information content (AvgIpc) is 1.82. The Bertz CT molecular complexity index is 235. The Kier molecular flexibility index (Phi) is 3.19. The van der Waals surface area contributed by atoms with Crippen LogP contribution >= 0.6 is 54.5 Å². The van der Waals surface area contributed by atoms with Crippen LogP contribution in [-0.4, -0.2) is 0 Å². The van der Waals surface area contributed by atoms with Crippen LogP contribution in [0.4, 0.5) is 0 Å². The second-order valence-electron chi connectivity index (χ2n) is 2.04. The maximum atomic E-state index is 3.46. The van der Waals surface area contributed by atoms with E-state index in [1.165, 1.54) is 9.13 Å². The molecule has 0 unspecified atom stereocenters. The summed E-state index contributed by atoms with van der Waals surface area (Å²) < 4.78 is 3.50. The second kappa shape index (κ2) is 3.54. The van der Waals surface area contributed by atoms with Crippen molar-refractivity contribution in [3.05, 3.63) is 30.2 Å². The van der Waals surface area contributed by atoms with E-state index in [0.29, 0.717) is 0 Å². The number of aryl methyl sites for hydroxylation is 1. The van der Waals surface area contributed by atoms with Crippen molar-refractivity contribution >= 4 is 54.5 Å². The lowest BCUT2D eigenvalue weighted by atomic mass is 10.2. The summed E-state index contributed by atoms with van der Waals surface area (Å²) in [5, 5.41) is 0. The molecule has 1 aromatic rings. The van der Waals surface area contributed by atoms with Gasteiger partial charge in [0.2, 0.25) is 0 Å². The molecule has 0 aromatic heterocycles. The first-order valence-corrected chi connectivity index (χ1v) is 5.39. The number of hydrogen-bond donors (Lipinski definition) is 0. The van der Waals surface area contributed by atoms with Crippen LogP contribution < -0.4 is 0 Å². The number of benzene rings is 1. The van der Waals surface area contributed by atoms with Gasteiger partial charge in [-0.15, -0.1) is 0 Å². The summed E-state index contributed by atoms with van der Waals surface area (Å²) >= 11 is 9.20. The van der Waals surface area contributed by atoms with Gasteiger partial charge in [0.05, 0.1) is 0 Å². The van der Waals surface area contributed by atoms with Gasteiger partial charge in [0, 0.05) is 12.5 Å². The highest BCUT2D eigenvalue weighted by Crippen LogP contribution is 2.28. The Balaban J connectivity index is 3.31. The fourth-order valence-electron chi connectivity index (χ4n) is 0.682. The molecule has 1 rings (SSSR count). The number of rotatable bonds is 0. The second-order valence-corrected chi connectivity index (χ2v) is 4.85. The van der Waals surface area contributed by atoms with Crippen LogP contribution in [0.5, 0.6) is 0 Å². The van der Waals surface area contributed by atoms with Crippen LogP contribution in [0.3, 0.4) is 0 Å². The summed E-state index contributed by atoms with van der Waals surface area (Å²) in [4.78, 5) is 0. The Hall–Kier alpha value is 0.910. The molecule has 0 saturated heterocycles.